The van der Waals surface area contributed by atoms with Crippen molar-refractivity contribution in [1.82, 2.24) is 4.31 Å². The van der Waals surface area contributed by atoms with E-state index in [9.17, 15) is 13.2 Å². The molecule has 36 heavy (non-hydrogen) atoms. The second-order valence-corrected chi connectivity index (χ2v) is 9.99. The molecule has 0 fully saturated rings. The molecule has 0 unspecified atom stereocenters. The van der Waals surface area contributed by atoms with Gasteiger partial charge in [-0.2, -0.15) is 4.31 Å². The molecule has 10 heteroatoms. The Morgan fingerprint density at radius 2 is 1.67 bits per heavy atom. The van der Waals surface area contributed by atoms with Crippen LogP contribution in [0.15, 0.2) is 71.6 Å². The lowest BCUT2D eigenvalue weighted by atomic mass is 10.1. The Kier molecular flexibility index (Phi) is 7.90. The van der Waals surface area contributed by atoms with Crippen LogP contribution in [0.5, 0.6) is 17.2 Å². The van der Waals surface area contributed by atoms with Gasteiger partial charge in [0.15, 0.2) is 17.8 Å². The zero-order chi connectivity index (χ0) is 25.7. The van der Waals surface area contributed by atoms with Crippen LogP contribution < -0.4 is 14.2 Å². The molecule has 0 aromatic heterocycles. The number of aryl methyl sites for hydroxylation is 1. The molecule has 0 radical (unpaired) electrons. The highest BCUT2D eigenvalue weighted by molar-refractivity contribution is 7.89. The molecule has 0 aliphatic carbocycles. The summed E-state index contributed by atoms with van der Waals surface area (Å²) >= 11 is 0. The van der Waals surface area contributed by atoms with Gasteiger partial charge in [-0.05, 0) is 43.3 Å². The van der Waals surface area contributed by atoms with E-state index in [4.69, 9.17) is 23.7 Å². The molecule has 1 heterocycles. The lowest BCUT2D eigenvalue weighted by Gasteiger charge is -2.26. The van der Waals surface area contributed by atoms with Crippen LogP contribution in [0.4, 0.5) is 0 Å². The van der Waals surface area contributed by atoms with Crippen molar-refractivity contribution in [2.75, 3.05) is 27.6 Å². The van der Waals surface area contributed by atoms with E-state index in [1.807, 2.05) is 6.92 Å². The number of esters is 1. The van der Waals surface area contributed by atoms with Gasteiger partial charge in [0.2, 0.25) is 22.6 Å². The van der Waals surface area contributed by atoms with Crippen molar-refractivity contribution in [2.45, 2.75) is 24.7 Å². The molecule has 0 spiro atoms. The molecular weight excluding hydrogens is 486 g/mol. The number of carbonyl (C=O) groups excluding carboxylic acids is 1. The quantitative estimate of drug-likeness (QED) is 0.230. The molecule has 190 valence electrons. The summed E-state index contributed by atoms with van der Waals surface area (Å²) in [6.45, 7) is 1.58. The van der Waals surface area contributed by atoms with Gasteiger partial charge >= 0.3 is 5.97 Å². The topological polar surface area (TPSA) is 101 Å². The third kappa shape index (κ3) is 5.52. The molecule has 9 nitrogen and oxygen atoms in total. The first-order chi connectivity index (χ1) is 17.3. The van der Waals surface area contributed by atoms with Gasteiger partial charge < -0.3 is 23.7 Å². The predicted octanol–water partition coefficient (Wildman–Crippen LogP) is 3.75. The Morgan fingerprint density at radius 3 is 2.33 bits per heavy atom. The summed E-state index contributed by atoms with van der Waals surface area (Å²) in [5.74, 6) is 0.114. The first-order valence-electron chi connectivity index (χ1n) is 11.1. The molecule has 0 amide bonds. The minimum absolute atomic E-state index is 0.0462. The molecule has 0 atom stereocenters. The second kappa shape index (κ2) is 11.1. The Labute approximate surface area is 210 Å². The largest absolute Gasteiger partial charge is 0.453 e. The van der Waals surface area contributed by atoms with Crippen molar-refractivity contribution in [1.29, 1.82) is 0 Å². The second-order valence-electron chi connectivity index (χ2n) is 8.05. The SMILES string of the molecule is COC(CN(Cc1ccc2c(c1OC(=O)c1ccccc1)OCO2)S(=O)(=O)c1ccc(C)cc1)OC. The predicted molar refractivity (Wildman–Crippen MR) is 131 cm³/mol. The summed E-state index contributed by atoms with van der Waals surface area (Å²) in [5, 5.41) is 0. The van der Waals surface area contributed by atoms with Gasteiger partial charge in [-0.15, -0.1) is 0 Å². The minimum Gasteiger partial charge on any atom is -0.453 e. The minimum atomic E-state index is -3.98. The fourth-order valence-corrected chi connectivity index (χ4v) is 5.06. The highest BCUT2D eigenvalue weighted by Gasteiger charge is 2.31. The summed E-state index contributed by atoms with van der Waals surface area (Å²) in [6, 6.07) is 18.3. The Bertz CT molecular complexity index is 1310. The molecule has 1 aliphatic heterocycles. The third-order valence-electron chi connectivity index (χ3n) is 5.66. The fourth-order valence-electron chi connectivity index (χ4n) is 3.66. The number of rotatable bonds is 10. The van der Waals surface area contributed by atoms with Gasteiger partial charge in [-0.25, -0.2) is 13.2 Å². The number of sulfonamides is 1. The first-order valence-corrected chi connectivity index (χ1v) is 12.6. The number of ether oxygens (including phenoxy) is 5. The average molecular weight is 514 g/mol. The zero-order valence-electron chi connectivity index (χ0n) is 20.2. The van der Waals surface area contributed by atoms with Crippen molar-refractivity contribution in [3.63, 3.8) is 0 Å². The lowest BCUT2D eigenvalue weighted by molar-refractivity contribution is -0.108. The highest BCUT2D eigenvalue weighted by atomic mass is 32.2. The molecule has 0 saturated carbocycles. The number of methoxy groups -OCH3 is 2. The number of nitrogens with zero attached hydrogens (tertiary/aromatic N) is 1. The summed E-state index contributed by atoms with van der Waals surface area (Å²) in [6.07, 6.45) is -0.824. The monoisotopic (exact) mass is 513 g/mol. The maximum absolute atomic E-state index is 13.7. The smallest absolute Gasteiger partial charge is 0.343 e. The number of hydrogen-bond donors (Lipinski definition) is 0. The average Bonchev–Trinajstić information content (AvgIpc) is 3.37. The van der Waals surface area contributed by atoms with Gasteiger partial charge in [0.05, 0.1) is 17.0 Å². The molecule has 3 aromatic rings. The van der Waals surface area contributed by atoms with Crippen molar-refractivity contribution in [3.8, 4) is 17.2 Å². The molecule has 4 rings (SSSR count). The van der Waals surface area contributed by atoms with Crippen LogP contribution in [0, 0.1) is 6.92 Å². The number of fused-ring (bicyclic) bond motifs is 1. The van der Waals surface area contributed by atoms with Crippen LogP contribution in [-0.2, 0) is 26.0 Å². The van der Waals surface area contributed by atoms with Crippen LogP contribution in [0.3, 0.4) is 0 Å². The van der Waals surface area contributed by atoms with Crippen molar-refractivity contribution >= 4 is 16.0 Å². The lowest BCUT2D eigenvalue weighted by Crippen LogP contribution is -2.38. The van der Waals surface area contributed by atoms with Gasteiger partial charge in [0.1, 0.15) is 0 Å². The zero-order valence-corrected chi connectivity index (χ0v) is 21.0. The standard InChI is InChI=1S/C26H27NO8S/c1-18-9-12-21(13-10-18)36(29,30)27(16-23(31-2)32-3)15-20-11-14-22-25(34-17-33-22)24(20)35-26(28)19-7-5-4-6-8-19/h4-14,23H,15-17H2,1-3H3. The van der Waals surface area contributed by atoms with Crippen LogP contribution >= 0.6 is 0 Å². The van der Waals surface area contributed by atoms with Crippen LogP contribution in [0.2, 0.25) is 0 Å². The van der Waals surface area contributed by atoms with E-state index >= 15 is 0 Å². The summed E-state index contributed by atoms with van der Waals surface area (Å²) in [4.78, 5) is 13.0. The highest BCUT2D eigenvalue weighted by Crippen LogP contribution is 2.44. The number of hydrogen-bond acceptors (Lipinski definition) is 8. The van der Waals surface area contributed by atoms with Crippen molar-refractivity contribution < 1.29 is 36.9 Å². The van der Waals surface area contributed by atoms with Gasteiger partial charge in [0.25, 0.3) is 0 Å². The van der Waals surface area contributed by atoms with Crippen molar-refractivity contribution in [3.05, 3.63) is 83.4 Å². The summed E-state index contributed by atoms with van der Waals surface area (Å²) in [5.41, 5.74) is 1.67. The van der Waals surface area contributed by atoms with E-state index in [0.29, 0.717) is 16.9 Å². The summed E-state index contributed by atoms with van der Waals surface area (Å²) < 4.78 is 55.9. The third-order valence-corrected chi connectivity index (χ3v) is 7.49. The van der Waals surface area contributed by atoms with Gasteiger partial charge in [0, 0.05) is 26.3 Å². The Morgan fingerprint density at radius 1 is 0.972 bits per heavy atom. The van der Waals surface area contributed by atoms with Gasteiger partial charge in [-0.1, -0.05) is 35.9 Å². The fraction of sp³-hybridized carbons (Fsp3) is 0.269. The van der Waals surface area contributed by atoms with E-state index in [1.54, 1.807) is 66.7 Å². The van der Waals surface area contributed by atoms with E-state index < -0.39 is 22.3 Å². The first kappa shape index (κ1) is 25.6. The maximum Gasteiger partial charge on any atom is 0.343 e. The molecule has 0 saturated heterocycles. The molecule has 3 aromatic carbocycles. The molecule has 0 bridgehead atoms. The van der Waals surface area contributed by atoms with E-state index in [-0.39, 0.29) is 36.3 Å². The molecule has 1 aliphatic rings. The molecular formula is C26H27NO8S. The Hall–Kier alpha value is -3.44. The van der Waals surface area contributed by atoms with Crippen LogP contribution in [0.25, 0.3) is 0 Å². The van der Waals surface area contributed by atoms with E-state index in [2.05, 4.69) is 0 Å². The number of carbonyl (C=O) groups is 1. The number of benzene rings is 3. The van der Waals surface area contributed by atoms with Gasteiger partial charge in [-0.3, -0.25) is 0 Å². The maximum atomic E-state index is 13.7. The summed E-state index contributed by atoms with van der Waals surface area (Å²) in [7, 11) is -1.12. The van der Waals surface area contributed by atoms with Crippen molar-refractivity contribution in [2.24, 2.45) is 0 Å². The molecule has 0 N–H and O–H groups in total. The van der Waals surface area contributed by atoms with Crippen LogP contribution in [0.1, 0.15) is 21.5 Å². The van der Waals surface area contributed by atoms with E-state index in [1.165, 1.54) is 18.5 Å². The van der Waals surface area contributed by atoms with Crippen LogP contribution in [-0.4, -0.2) is 52.5 Å². The normalized spacial score (nSPS) is 12.8. The Balaban J connectivity index is 1.73. The van der Waals surface area contributed by atoms with E-state index in [0.717, 1.165) is 5.56 Å².